The molecule has 1 fully saturated rings. The van der Waals surface area contributed by atoms with E-state index in [4.69, 9.17) is 4.74 Å². The molecule has 0 spiro atoms. The lowest BCUT2D eigenvalue weighted by Crippen LogP contribution is -1.93. The van der Waals surface area contributed by atoms with Gasteiger partial charge in [-0.1, -0.05) is 44.0 Å². The molecule has 1 heterocycles. The summed E-state index contributed by atoms with van der Waals surface area (Å²) in [5.74, 6) is -0.0852. The maximum Gasteiger partial charge on any atom is 0.353 e. The third kappa shape index (κ3) is 2.38. The molecule has 0 radical (unpaired) electrons. The van der Waals surface area contributed by atoms with Gasteiger partial charge < -0.3 is 4.74 Å². The Morgan fingerprint density at radius 1 is 1.27 bits per heavy atom. The van der Waals surface area contributed by atoms with Crippen LogP contribution in [0.15, 0.2) is 24.3 Å². The Bertz CT molecular complexity index is 357. The highest BCUT2D eigenvalue weighted by molar-refractivity contribution is 5.89. The Morgan fingerprint density at radius 2 is 2.00 bits per heavy atom. The lowest BCUT2D eigenvalue weighted by molar-refractivity contribution is -0.117. The maximum atomic E-state index is 10.9. The lowest BCUT2D eigenvalue weighted by atomic mass is 9.99. The Labute approximate surface area is 90.3 Å². The molecule has 1 saturated heterocycles. The molecule has 15 heavy (non-hydrogen) atoms. The van der Waals surface area contributed by atoms with E-state index in [-0.39, 0.29) is 12.1 Å². The van der Waals surface area contributed by atoms with Crippen molar-refractivity contribution >= 4 is 5.97 Å². The first-order valence-electron chi connectivity index (χ1n) is 5.61. The second-order valence-electron chi connectivity index (χ2n) is 3.97. The molecular weight excluding hydrogens is 188 g/mol. The normalized spacial score (nSPS) is 18.7. The summed E-state index contributed by atoms with van der Waals surface area (Å²) in [7, 11) is 0. The van der Waals surface area contributed by atoms with Gasteiger partial charge >= 0.3 is 5.97 Å². The third-order valence-electron chi connectivity index (χ3n) is 2.78. The van der Waals surface area contributed by atoms with Crippen LogP contribution in [0.3, 0.4) is 0 Å². The van der Waals surface area contributed by atoms with Crippen molar-refractivity contribution in [2.45, 2.75) is 38.7 Å². The summed E-state index contributed by atoms with van der Waals surface area (Å²) in [6, 6.07) is 8.09. The molecule has 1 aliphatic heterocycles. The van der Waals surface area contributed by atoms with Crippen LogP contribution in [0.1, 0.15) is 43.4 Å². The zero-order chi connectivity index (χ0) is 10.7. The highest BCUT2D eigenvalue weighted by Gasteiger charge is 2.40. The molecule has 1 atom stereocenters. The van der Waals surface area contributed by atoms with E-state index in [1.807, 2.05) is 18.2 Å². The molecule has 0 aromatic heterocycles. The number of epoxide rings is 1. The molecule has 0 amide bonds. The van der Waals surface area contributed by atoms with Crippen LogP contribution in [-0.2, 0) is 16.0 Å². The van der Waals surface area contributed by atoms with Gasteiger partial charge in [0.15, 0.2) is 0 Å². The van der Waals surface area contributed by atoms with Crippen LogP contribution in [0.25, 0.3) is 0 Å². The van der Waals surface area contributed by atoms with E-state index < -0.39 is 0 Å². The van der Waals surface area contributed by atoms with Gasteiger partial charge in [0.25, 0.3) is 0 Å². The van der Waals surface area contributed by atoms with Crippen LogP contribution in [0.2, 0.25) is 0 Å². The first kappa shape index (κ1) is 10.2. The number of carbonyl (C=O) groups excluding carboxylic acids is 1. The molecule has 1 aromatic rings. The predicted octanol–water partition coefficient (Wildman–Crippen LogP) is 3.02. The van der Waals surface area contributed by atoms with Crippen molar-refractivity contribution in [3.8, 4) is 0 Å². The Balaban J connectivity index is 2.05. The number of carbonyl (C=O) groups is 1. The van der Waals surface area contributed by atoms with Crippen LogP contribution >= 0.6 is 0 Å². The van der Waals surface area contributed by atoms with Gasteiger partial charge in [0.05, 0.1) is 0 Å². The molecule has 80 valence electrons. The molecule has 0 bridgehead atoms. The summed E-state index contributed by atoms with van der Waals surface area (Å²) in [4.78, 5) is 10.9. The van der Waals surface area contributed by atoms with Crippen molar-refractivity contribution in [2.24, 2.45) is 0 Å². The predicted molar refractivity (Wildman–Crippen MR) is 58.5 cm³/mol. The number of aryl methyl sites for hydroxylation is 1. The SMILES string of the molecule is CCCCCc1ccccc1C1OC1=O. The number of benzene rings is 1. The smallest absolute Gasteiger partial charge is 0.353 e. The second kappa shape index (κ2) is 4.47. The summed E-state index contributed by atoms with van der Waals surface area (Å²) in [6.07, 6.45) is 4.45. The van der Waals surface area contributed by atoms with Crippen LogP contribution in [0.5, 0.6) is 0 Å². The van der Waals surface area contributed by atoms with Gasteiger partial charge in [0.2, 0.25) is 6.10 Å². The molecule has 1 aromatic carbocycles. The number of ether oxygens (including phenoxy) is 1. The monoisotopic (exact) mass is 204 g/mol. The van der Waals surface area contributed by atoms with Crippen molar-refractivity contribution in [1.29, 1.82) is 0 Å². The van der Waals surface area contributed by atoms with Crippen molar-refractivity contribution in [3.05, 3.63) is 35.4 Å². The van der Waals surface area contributed by atoms with E-state index in [9.17, 15) is 4.79 Å². The van der Waals surface area contributed by atoms with E-state index >= 15 is 0 Å². The molecule has 0 aliphatic carbocycles. The zero-order valence-corrected chi connectivity index (χ0v) is 9.03. The van der Waals surface area contributed by atoms with Crippen LogP contribution in [0.4, 0.5) is 0 Å². The summed E-state index contributed by atoms with van der Waals surface area (Å²) < 4.78 is 4.91. The van der Waals surface area contributed by atoms with Crippen molar-refractivity contribution in [1.82, 2.24) is 0 Å². The first-order chi connectivity index (χ1) is 7.33. The lowest BCUT2D eigenvalue weighted by Gasteiger charge is -2.04. The second-order valence-corrected chi connectivity index (χ2v) is 3.97. The van der Waals surface area contributed by atoms with E-state index in [1.54, 1.807) is 0 Å². The van der Waals surface area contributed by atoms with Gasteiger partial charge in [-0.2, -0.15) is 0 Å². The molecular formula is C13H16O2. The molecule has 1 unspecified atom stereocenters. The fraction of sp³-hybridized carbons (Fsp3) is 0.462. The van der Waals surface area contributed by atoms with Gasteiger partial charge in [-0.05, 0) is 18.4 Å². The Morgan fingerprint density at radius 3 is 2.67 bits per heavy atom. The number of rotatable bonds is 5. The average molecular weight is 204 g/mol. The zero-order valence-electron chi connectivity index (χ0n) is 9.03. The van der Waals surface area contributed by atoms with Gasteiger partial charge in [-0.25, -0.2) is 4.79 Å². The topological polar surface area (TPSA) is 29.6 Å². The van der Waals surface area contributed by atoms with Crippen molar-refractivity contribution in [3.63, 3.8) is 0 Å². The Kier molecular flexibility index (Phi) is 3.05. The summed E-state index contributed by atoms with van der Waals surface area (Å²) in [5, 5.41) is 0. The molecule has 0 saturated carbocycles. The van der Waals surface area contributed by atoms with E-state index in [2.05, 4.69) is 13.0 Å². The fourth-order valence-electron chi connectivity index (χ4n) is 1.86. The molecule has 0 N–H and O–H groups in total. The van der Waals surface area contributed by atoms with Gasteiger partial charge in [-0.15, -0.1) is 0 Å². The van der Waals surface area contributed by atoms with Gasteiger partial charge in [-0.3, -0.25) is 0 Å². The van der Waals surface area contributed by atoms with Gasteiger partial charge in [0.1, 0.15) is 0 Å². The number of hydrogen-bond acceptors (Lipinski definition) is 2. The highest BCUT2D eigenvalue weighted by atomic mass is 16.6. The summed E-state index contributed by atoms with van der Waals surface area (Å²) >= 11 is 0. The van der Waals surface area contributed by atoms with Crippen LogP contribution in [-0.4, -0.2) is 5.97 Å². The van der Waals surface area contributed by atoms with Crippen LogP contribution < -0.4 is 0 Å². The molecule has 2 heteroatoms. The van der Waals surface area contributed by atoms with Crippen molar-refractivity contribution < 1.29 is 9.53 Å². The molecule has 2 rings (SSSR count). The first-order valence-corrected chi connectivity index (χ1v) is 5.61. The minimum absolute atomic E-state index is 0.0852. The average Bonchev–Trinajstić information content (AvgIpc) is 2.97. The standard InChI is InChI=1S/C13H16O2/c1-2-3-4-7-10-8-5-6-9-11(10)12-13(14)15-12/h5-6,8-9,12H,2-4,7H2,1H3. The maximum absolute atomic E-state index is 10.9. The van der Waals surface area contributed by atoms with Gasteiger partial charge in [0, 0.05) is 5.56 Å². The minimum Gasteiger partial charge on any atom is -0.442 e. The van der Waals surface area contributed by atoms with E-state index in [1.165, 1.54) is 24.8 Å². The molecule has 2 nitrogen and oxygen atoms in total. The molecule has 1 aliphatic rings. The summed E-state index contributed by atoms with van der Waals surface area (Å²) in [6.45, 7) is 2.19. The van der Waals surface area contributed by atoms with E-state index in [0.29, 0.717) is 0 Å². The Hall–Kier alpha value is -1.31. The minimum atomic E-state index is -0.261. The number of hydrogen-bond donors (Lipinski definition) is 0. The highest BCUT2D eigenvalue weighted by Crippen LogP contribution is 2.34. The van der Waals surface area contributed by atoms with E-state index in [0.717, 1.165) is 12.0 Å². The number of unbranched alkanes of at least 4 members (excludes halogenated alkanes) is 2. The quantitative estimate of drug-likeness (QED) is 0.545. The third-order valence-corrected chi connectivity index (χ3v) is 2.78. The van der Waals surface area contributed by atoms with Crippen molar-refractivity contribution in [2.75, 3.05) is 0 Å². The van der Waals surface area contributed by atoms with Crippen LogP contribution in [0, 0.1) is 0 Å². The largest absolute Gasteiger partial charge is 0.442 e. The summed E-state index contributed by atoms with van der Waals surface area (Å²) in [5.41, 5.74) is 2.33. The fourth-order valence-corrected chi connectivity index (χ4v) is 1.86. The number of cyclic esters (lactones) is 1.